The number of fused-ring (bicyclic) bond motifs is 2. The molecule has 3 aliphatic rings. The van der Waals surface area contributed by atoms with E-state index >= 15 is 0 Å². The van der Waals surface area contributed by atoms with E-state index in [9.17, 15) is 24.6 Å². The number of benzene rings is 1. The molecule has 0 aromatic heterocycles. The van der Waals surface area contributed by atoms with E-state index in [2.05, 4.69) is 5.16 Å². The maximum absolute atomic E-state index is 13.0. The van der Waals surface area contributed by atoms with Crippen LogP contribution in [0.15, 0.2) is 35.5 Å². The van der Waals surface area contributed by atoms with Crippen molar-refractivity contribution >= 4 is 35.1 Å². The molecule has 3 heterocycles. The van der Waals surface area contributed by atoms with Crippen molar-refractivity contribution < 1.29 is 38.9 Å². The lowest BCUT2D eigenvalue weighted by Crippen LogP contribution is -2.43. The highest BCUT2D eigenvalue weighted by Crippen LogP contribution is 2.38. The Morgan fingerprint density at radius 3 is 2.68 bits per heavy atom. The first kappa shape index (κ1) is 27.5. The molecule has 0 spiro atoms. The van der Waals surface area contributed by atoms with Gasteiger partial charge in [-0.2, -0.15) is 0 Å². The van der Waals surface area contributed by atoms with Crippen LogP contribution in [-0.4, -0.2) is 76.6 Å². The number of esters is 1. The largest absolute Gasteiger partial charge is 0.507 e. The van der Waals surface area contributed by atoms with Gasteiger partial charge in [0.2, 0.25) is 5.91 Å². The maximum Gasteiger partial charge on any atom is 0.342 e. The van der Waals surface area contributed by atoms with Gasteiger partial charge in [-0.3, -0.25) is 9.59 Å². The number of hydrogen-bond acceptors (Lipinski definition) is 9. The van der Waals surface area contributed by atoms with Crippen LogP contribution in [0.2, 0.25) is 5.02 Å². The van der Waals surface area contributed by atoms with Crippen LogP contribution >= 0.6 is 11.6 Å². The van der Waals surface area contributed by atoms with Gasteiger partial charge in [-0.15, -0.1) is 0 Å². The number of allylic oxidation sites excluding steroid dienone is 3. The number of rotatable bonds is 4. The molecule has 0 aliphatic carbocycles. The highest BCUT2D eigenvalue weighted by Gasteiger charge is 2.38. The van der Waals surface area contributed by atoms with Crippen molar-refractivity contribution in [3.63, 3.8) is 0 Å². The molecule has 204 valence electrons. The zero-order chi connectivity index (χ0) is 27.4. The Hall–Kier alpha value is -3.57. The Bertz CT molecular complexity index is 1190. The molecule has 0 saturated carbocycles. The highest BCUT2D eigenvalue weighted by atomic mass is 35.5. The third-order valence-corrected chi connectivity index (χ3v) is 7.12. The lowest BCUT2D eigenvalue weighted by atomic mass is 9.96. The van der Waals surface area contributed by atoms with Crippen molar-refractivity contribution in [3.8, 4) is 11.5 Å². The number of ether oxygens (including phenoxy) is 2. The number of aromatic hydroxyl groups is 2. The van der Waals surface area contributed by atoms with Crippen LogP contribution in [-0.2, 0) is 30.3 Å². The minimum atomic E-state index is -0.810. The number of carbonyl (C=O) groups excluding carboxylic acids is 3. The number of phenolic OH excluding ortho intramolecular Hbond substituents is 2. The molecule has 12 heteroatoms. The number of carbonyl (C=O) groups is 3. The van der Waals surface area contributed by atoms with Crippen LogP contribution in [0.25, 0.3) is 0 Å². The topological polar surface area (TPSA) is 164 Å². The fourth-order valence-electron chi connectivity index (χ4n) is 4.53. The SMILES string of the molecule is C[C@@H]1C[C@H]2O[C@@H]2/C=C/C=C/C(=N\OCC(=O)N2CCC(C(N)=O)CC2)Cc2c(Cl)c(O)cc(O)c2C(=O)O1. The lowest BCUT2D eigenvalue weighted by molar-refractivity contribution is -0.139. The van der Waals surface area contributed by atoms with Gasteiger partial charge >= 0.3 is 5.97 Å². The molecule has 3 atom stereocenters. The smallest absolute Gasteiger partial charge is 0.342 e. The van der Waals surface area contributed by atoms with Crippen LogP contribution in [0.5, 0.6) is 11.5 Å². The van der Waals surface area contributed by atoms with Crippen molar-refractivity contribution in [1.82, 2.24) is 4.90 Å². The summed E-state index contributed by atoms with van der Waals surface area (Å²) in [5.41, 5.74) is 5.50. The maximum atomic E-state index is 13.0. The average Bonchev–Trinajstić information content (AvgIpc) is 3.61. The number of hydrogen-bond donors (Lipinski definition) is 3. The summed E-state index contributed by atoms with van der Waals surface area (Å²) in [7, 11) is 0. The molecule has 2 saturated heterocycles. The molecule has 4 rings (SSSR count). The quantitative estimate of drug-likeness (QED) is 0.293. The lowest BCUT2D eigenvalue weighted by Gasteiger charge is -2.30. The molecule has 0 radical (unpaired) electrons. The molecular formula is C26H30ClN3O8. The van der Waals surface area contributed by atoms with Gasteiger partial charge in [-0.25, -0.2) is 4.79 Å². The number of cyclic esters (lactones) is 1. The second-order valence-electron chi connectivity index (χ2n) is 9.51. The predicted molar refractivity (Wildman–Crippen MR) is 137 cm³/mol. The second kappa shape index (κ2) is 11.9. The molecular weight excluding hydrogens is 518 g/mol. The molecule has 1 aromatic carbocycles. The van der Waals surface area contributed by atoms with E-state index in [-0.39, 0.29) is 64.8 Å². The minimum Gasteiger partial charge on any atom is -0.507 e. The van der Waals surface area contributed by atoms with E-state index in [1.54, 1.807) is 30.1 Å². The van der Waals surface area contributed by atoms with E-state index in [1.165, 1.54) is 0 Å². The van der Waals surface area contributed by atoms with E-state index in [1.807, 2.05) is 6.08 Å². The molecule has 3 aliphatic heterocycles. The number of nitrogens with zero attached hydrogens (tertiary/aromatic N) is 2. The Labute approximate surface area is 224 Å². The second-order valence-corrected chi connectivity index (χ2v) is 9.89. The van der Waals surface area contributed by atoms with Crippen LogP contribution in [0.3, 0.4) is 0 Å². The summed E-state index contributed by atoms with van der Waals surface area (Å²) in [5, 5.41) is 24.6. The van der Waals surface area contributed by atoms with Crippen molar-refractivity contribution in [2.75, 3.05) is 19.7 Å². The Morgan fingerprint density at radius 1 is 1.24 bits per heavy atom. The summed E-state index contributed by atoms with van der Waals surface area (Å²) in [5.74, 6) is -2.64. The predicted octanol–water partition coefficient (Wildman–Crippen LogP) is 2.22. The standard InChI is InChI=1S/C26H30ClN3O8/c1-14-10-21-20(38-21)5-3-2-4-16(11-17-23(26(35)37-14)18(31)12-19(32)24(17)27)29-36-13-22(33)30-8-6-15(7-9-30)25(28)34/h2-5,12,14-15,20-21,31-32H,6-11,13H2,1H3,(H2,28,34)/b4-2+,5-3+,29-16+/t14-,20-,21-/m1/s1. The van der Waals surface area contributed by atoms with Crippen molar-refractivity contribution in [2.45, 2.75) is 50.9 Å². The van der Waals surface area contributed by atoms with E-state index in [0.29, 0.717) is 32.4 Å². The van der Waals surface area contributed by atoms with E-state index in [4.69, 9.17) is 31.6 Å². The fraction of sp³-hybridized carbons (Fsp3) is 0.462. The van der Waals surface area contributed by atoms with Crippen LogP contribution in [0.4, 0.5) is 0 Å². The zero-order valence-electron chi connectivity index (χ0n) is 20.8. The first-order valence-electron chi connectivity index (χ1n) is 12.3. The number of halogens is 1. The van der Waals surface area contributed by atoms with Gasteiger partial charge in [0.25, 0.3) is 5.91 Å². The number of nitrogens with two attached hydrogens (primary N) is 1. The monoisotopic (exact) mass is 547 g/mol. The summed E-state index contributed by atoms with van der Waals surface area (Å²) in [6, 6.07) is 0.974. The van der Waals surface area contributed by atoms with E-state index < -0.39 is 23.6 Å². The zero-order valence-corrected chi connectivity index (χ0v) is 21.6. The summed E-state index contributed by atoms with van der Waals surface area (Å²) in [6.07, 6.45) is 7.56. The molecule has 1 aromatic rings. The minimum absolute atomic E-state index is 0.0924. The molecule has 0 unspecified atom stereocenters. The van der Waals surface area contributed by atoms with Gasteiger partial charge in [-0.05, 0) is 31.4 Å². The highest BCUT2D eigenvalue weighted by molar-refractivity contribution is 6.33. The summed E-state index contributed by atoms with van der Waals surface area (Å²) < 4.78 is 11.1. The number of amides is 2. The van der Waals surface area contributed by atoms with Gasteiger partial charge in [-0.1, -0.05) is 35.0 Å². The molecule has 2 fully saturated rings. The molecule has 2 amide bonds. The molecule has 38 heavy (non-hydrogen) atoms. The number of piperidine rings is 1. The number of epoxide rings is 1. The number of primary amides is 1. The van der Waals surface area contributed by atoms with E-state index in [0.717, 1.165) is 6.07 Å². The summed E-state index contributed by atoms with van der Waals surface area (Å²) in [4.78, 5) is 43.8. The Kier molecular flexibility index (Phi) is 8.58. The van der Waals surface area contributed by atoms with Crippen LogP contribution < -0.4 is 5.73 Å². The van der Waals surface area contributed by atoms with Gasteiger partial charge in [0, 0.05) is 37.9 Å². The molecule has 0 bridgehead atoms. The van der Waals surface area contributed by atoms with Gasteiger partial charge in [0.1, 0.15) is 29.3 Å². The number of phenols is 2. The number of likely N-dealkylation sites (tertiary alicyclic amines) is 1. The van der Waals surface area contributed by atoms with Gasteiger partial charge < -0.3 is 35.2 Å². The van der Waals surface area contributed by atoms with Crippen molar-refractivity contribution in [2.24, 2.45) is 16.8 Å². The Morgan fingerprint density at radius 2 is 1.97 bits per heavy atom. The van der Waals surface area contributed by atoms with Crippen molar-refractivity contribution in [1.29, 1.82) is 0 Å². The summed E-state index contributed by atoms with van der Waals surface area (Å²) >= 11 is 6.33. The third-order valence-electron chi connectivity index (χ3n) is 6.70. The normalized spacial score (nSPS) is 26.9. The van der Waals surface area contributed by atoms with Gasteiger partial charge in [0.15, 0.2) is 6.61 Å². The van der Waals surface area contributed by atoms with Crippen molar-refractivity contribution in [3.05, 3.63) is 46.5 Å². The molecule has 4 N–H and O–H groups in total. The first-order chi connectivity index (χ1) is 18.1. The number of oxime groups is 1. The summed E-state index contributed by atoms with van der Waals surface area (Å²) in [6.45, 7) is 2.16. The van der Waals surface area contributed by atoms with Crippen LogP contribution in [0, 0.1) is 5.92 Å². The Balaban J connectivity index is 1.55. The average molecular weight is 548 g/mol. The molecule has 11 nitrogen and oxygen atoms in total. The first-order valence-corrected chi connectivity index (χ1v) is 12.7. The van der Waals surface area contributed by atoms with Gasteiger partial charge in [0.05, 0.1) is 16.8 Å². The third kappa shape index (κ3) is 6.65. The van der Waals surface area contributed by atoms with Crippen LogP contribution in [0.1, 0.15) is 42.1 Å². The fourth-order valence-corrected chi connectivity index (χ4v) is 4.74.